The lowest BCUT2D eigenvalue weighted by Gasteiger charge is -2.23. The average molecular weight is 325 g/mol. The molecule has 0 atom stereocenters. The maximum Gasteiger partial charge on any atom is 0.408 e. The highest BCUT2D eigenvalue weighted by Gasteiger charge is 2.46. The quantitative estimate of drug-likeness (QED) is 0.861. The molecule has 4 nitrogen and oxygen atoms in total. The fraction of sp³-hybridized carbons (Fsp3) is 0.350. The van der Waals surface area contributed by atoms with Crippen LogP contribution in [0.2, 0.25) is 0 Å². The molecule has 0 heterocycles. The van der Waals surface area contributed by atoms with E-state index in [0.717, 1.165) is 29.9 Å². The molecule has 24 heavy (non-hydrogen) atoms. The number of benzene rings is 2. The Morgan fingerprint density at radius 1 is 0.958 bits per heavy atom. The van der Waals surface area contributed by atoms with Crippen molar-refractivity contribution in [1.29, 1.82) is 0 Å². The Morgan fingerprint density at radius 3 is 2.08 bits per heavy atom. The van der Waals surface area contributed by atoms with Gasteiger partial charge in [0, 0.05) is 0 Å². The van der Waals surface area contributed by atoms with Crippen molar-refractivity contribution in [2.75, 3.05) is 0 Å². The number of rotatable bonds is 4. The summed E-state index contributed by atoms with van der Waals surface area (Å²) in [5.41, 5.74) is 0.287. The van der Waals surface area contributed by atoms with Crippen molar-refractivity contribution in [2.45, 2.75) is 44.8 Å². The molecule has 1 fully saturated rings. The lowest BCUT2D eigenvalue weighted by molar-refractivity contribution is 0.0495. The molecule has 0 spiro atoms. The van der Waals surface area contributed by atoms with Gasteiger partial charge < -0.3 is 14.8 Å². The molecule has 0 radical (unpaired) electrons. The summed E-state index contributed by atoms with van der Waals surface area (Å²) in [6.45, 7) is 5.59. The van der Waals surface area contributed by atoms with Gasteiger partial charge in [-0.05, 0) is 63.4 Å². The van der Waals surface area contributed by atoms with Crippen LogP contribution in [0.4, 0.5) is 4.79 Å². The Hall–Kier alpha value is -2.49. The van der Waals surface area contributed by atoms with E-state index in [1.807, 2.05) is 75.4 Å². The number of hydrogen-bond donors (Lipinski definition) is 1. The van der Waals surface area contributed by atoms with Crippen LogP contribution in [0.25, 0.3) is 0 Å². The predicted octanol–water partition coefficient (Wildman–Crippen LogP) is 4.99. The van der Waals surface area contributed by atoms with Gasteiger partial charge in [-0.15, -0.1) is 0 Å². The highest BCUT2D eigenvalue weighted by Crippen LogP contribution is 2.46. The van der Waals surface area contributed by atoms with Crippen LogP contribution < -0.4 is 10.1 Å². The summed E-state index contributed by atoms with van der Waals surface area (Å²) in [6.07, 6.45) is 1.47. The second kappa shape index (κ2) is 6.19. The van der Waals surface area contributed by atoms with Gasteiger partial charge in [-0.25, -0.2) is 4.79 Å². The predicted molar refractivity (Wildman–Crippen MR) is 93.2 cm³/mol. The largest absolute Gasteiger partial charge is 0.457 e. The van der Waals surface area contributed by atoms with Crippen LogP contribution in [-0.2, 0) is 10.3 Å². The molecule has 1 amide bonds. The summed E-state index contributed by atoms with van der Waals surface area (Å²) in [7, 11) is 0. The van der Waals surface area contributed by atoms with E-state index in [-0.39, 0.29) is 11.6 Å². The molecule has 0 saturated heterocycles. The molecule has 0 aliphatic heterocycles. The standard InChI is InChI=1S/C20H23NO3/c1-19(2,3)24-18(22)21-20(13-14-20)15-9-11-17(12-10-15)23-16-7-5-4-6-8-16/h4-12H,13-14H2,1-3H3,(H,21,22). The van der Waals surface area contributed by atoms with Crippen LogP contribution >= 0.6 is 0 Å². The fourth-order valence-corrected chi connectivity index (χ4v) is 2.58. The second-order valence-electron chi connectivity index (χ2n) is 7.15. The Labute approximate surface area is 142 Å². The lowest BCUT2D eigenvalue weighted by Crippen LogP contribution is -2.39. The number of ether oxygens (including phenoxy) is 2. The molecular weight excluding hydrogens is 302 g/mol. The Bertz CT molecular complexity index is 698. The van der Waals surface area contributed by atoms with Gasteiger partial charge in [-0.1, -0.05) is 30.3 Å². The summed E-state index contributed by atoms with van der Waals surface area (Å²) in [4.78, 5) is 12.0. The van der Waals surface area contributed by atoms with E-state index >= 15 is 0 Å². The van der Waals surface area contributed by atoms with E-state index in [0.29, 0.717) is 0 Å². The van der Waals surface area contributed by atoms with Crippen LogP contribution in [0.1, 0.15) is 39.2 Å². The van der Waals surface area contributed by atoms with Crippen LogP contribution in [0.3, 0.4) is 0 Å². The molecule has 0 unspecified atom stereocenters. The maximum atomic E-state index is 12.0. The first-order valence-electron chi connectivity index (χ1n) is 8.21. The van der Waals surface area contributed by atoms with E-state index in [4.69, 9.17) is 9.47 Å². The minimum atomic E-state index is -0.493. The summed E-state index contributed by atoms with van der Waals surface area (Å²) in [5, 5.41) is 3.01. The number of alkyl carbamates (subject to hydrolysis) is 1. The molecule has 126 valence electrons. The molecule has 2 aromatic rings. The molecule has 1 saturated carbocycles. The van der Waals surface area contributed by atoms with Crippen molar-refractivity contribution in [1.82, 2.24) is 5.32 Å². The van der Waals surface area contributed by atoms with Gasteiger partial charge in [0.15, 0.2) is 0 Å². The number of amides is 1. The van der Waals surface area contributed by atoms with E-state index in [9.17, 15) is 4.79 Å². The molecule has 2 aromatic carbocycles. The average Bonchev–Trinajstić information content (AvgIpc) is 3.27. The van der Waals surface area contributed by atoms with Crippen molar-refractivity contribution >= 4 is 6.09 Å². The number of para-hydroxylation sites is 1. The summed E-state index contributed by atoms with van der Waals surface area (Å²) >= 11 is 0. The topological polar surface area (TPSA) is 47.6 Å². The Balaban J connectivity index is 1.66. The first kappa shape index (κ1) is 16.4. The third kappa shape index (κ3) is 4.07. The summed E-state index contributed by atoms with van der Waals surface area (Å²) in [5.74, 6) is 1.58. The van der Waals surface area contributed by atoms with Gasteiger partial charge in [-0.2, -0.15) is 0 Å². The minimum absolute atomic E-state index is 0.298. The van der Waals surface area contributed by atoms with Crippen LogP contribution in [0.15, 0.2) is 54.6 Å². The molecule has 0 aromatic heterocycles. The molecule has 0 bridgehead atoms. The second-order valence-corrected chi connectivity index (χ2v) is 7.15. The first-order chi connectivity index (χ1) is 11.4. The third-order valence-electron chi connectivity index (χ3n) is 3.88. The van der Waals surface area contributed by atoms with Crippen LogP contribution in [0.5, 0.6) is 11.5 Å². The normalized spacial score (nSPS) is 15.5. The fourth-order valence-electron chi connectivity index (χ4n) is 2.58. The van der Waals surface area contributed by atoms with E-state index in [1.165, 1.54) is 0 Å². The SMILES string of the molecule is CC(C)(C)OC(=O)NC1(c2ccc(Oc3ccccc3)cc2)CC1. The molecule has 1 aliphatic rings. The first-order valence-corrected chi connectivity index (χ1v) is 8.21. The zero-order valence-electron chi connectivity index (χ0n) is 14.3. The number of carbonyl (C=O) groups excluding carboxylic acids is 1. The number of carbonyl (C=O) groups is 1. The number of nitrogens with one attached hydrogen (secondary N) is 1. The van der Waals surface area contributed by atoms with Crippen molar-refractivity contribution in [3.63, 3.8) is 0 Å². The molecule has 4 heteroatoms. The summed E-state index contributed by atoms with van der Waals surface area (Å²) < 4.78 is 11.2. The number of hydrogen-bond acceptors (Lipinski definition) is 3. The van der Waals surface area contributed by atoms with E-state index < -0.39 is 5.60 Å². The van der Waals surface area contributed by atoms with Gasteiger partial charge >= 0.3 is 6.09 Å². The van der Waals surface area contributed by atoms with Crippen LogP contribution in [0, 0.1) is 0 Å². The smallest absolute Gasteiger partial charge is 0.408 e. The molecule has 3 rings (SSSR count). The van der Waals surface area contributed by atoms with Gasteiger partial charge in [-0.3, -0.25) is 0 Å². The van der Waals surface area contributed by atoms with E-state index in [2.05, 4.69) is 5.32 Å². The van der Waals surface area contributed by atoms with Crippen molar-refractivity contribution in [3.8, 4) is 11.5 Å². The molecular formula is C20H23NO3. The molecule has 1 aliphatic carbocycles. The summed E-state index contributed by atoms with van der Waals surface area (Å²) in [6, 6.07) is 17.5. The zero-order chi connectivity index (χ0) is 17.2. The highest BCUT2D eigenvalue weighted by atomic mass is 16.6. The lowest BCUT2D eigenvalue weighted by atomic mass is 10.1. The van der Waals surface area contributed by atoms with Gasteiger partial charge in [0.25, 0.3) is 0 Å². The van der Waals surface area contributed by atoms with Gasteiger partial charge in [0.2, 0.25) is 0 Å². The van der Waals surface area contributed by atoms with Crippen LogP contribution in [-0.4, -0.2) is 11.7 Å². The Morgan fingerprint density at radius 2 is 1.54 bits per heavy atom. The van der Waals surface area contributed by atoms with Crippen molar-refractivity contribution < 1.29 is 14.3 Å². The third-order valence-corrected chi connectivity index (χ3v) is 3.88. The molecule has 1 N–H and O–H groups in total. The minimum Gasteiger partial charge on any atom is -0.457 e. The van der Waals surface area contributed by atoms with Gasteiger partial charge in [0.1, 0.15) is 17.1 Å². The monoisotopic (exact) mass is 325 g/mol. The highest BCUT2D eigenvalue weighted by molar-refractivity contribution is 5.70. The van der Waals surface area contributed by atoms with Gasteiger partial charge in [0.05, 0.1) is 5.54 Å². The van der Waals surface area contributed by atoms with Crippen molar-refractivity contribution in [2.24, 2.45) is 0 Å². The Kier molecular flexibility index (Phi) is 4.22. The van der Waals surface area contributed by atoms with Crippen molar-refractivity contribution in [3.05, 3.63) is 60.2 Å². The zero-order valence-corrected chi connectivity index (χ0v) is 14.3. The van der Waals surface area contributed by atoms with E-state index in [1.54, 1.807) is 0 Å². The maximum absolute atomic E-state index is 12.0.